The van der Waals surface area contributed by atoms with Crippen molar-refractivity contribution < 1.29 is 39.0 Å². The third kappa shape index (κ3) is 3.13. The first-order valence-electron chi connectivity index (χ1n) is 11.9. The number of aldehydes is 1. The van der Waals surface area contributed by atoms with Gasteiger partial charge in [-0.25, -0.2) is 0 Å². The molecule has 6 atom stereocenters. The zero-order chi connectivity index (χ0) is 28.0. The van der Waals surface area contributed by atoms with Crippen molar-refractivity contribution in [3.63, 3.8) is 0 Å². The van der Waals surface area contributed by atoms with Gasteiger partial charge >= 0.3 is 0 Å². The highest BCUT2D eigenvalue weighted by molar-refractivity contribution is 6.33. The first-order chi connectivity index (χ1) is 17.0. The van der Waals surface area contributed by atoms with Gasteiger partial charge < -0.3 is 20.8 Å². The van der Waals surface area contributed by atoms with Crippen LogP contribution in [0.4, 0.5) is 5.69 Å². The number of anilines is 1. The number of rotatable bonds is 4. The molecule has 1 aromatic carbocycles. The van der Waals surface area contributed by atoms with E-state index >= 15 is 0 Å². The van der Waals surface area contributed by atoms with Crippen LogP contribution in [0.3, 0.4) is 0 Å². The Morgan fingerprint density at radius 1 is 1.11 bits per heavy atom. The van der Waals surface area contributed by atoms with Gasteiger partial charge in [0.15, 0.2) is 40.9 Å². The number of carbonyl (C=O) groups is 6. The second-order valence-corrected chi connectivity index (χ2v) is 11.5. The standard InChI is InChI=1S/C26H31N3O8/c1-24-8-12-13(28(3)4)7-11(9-30)17(31)14(12)18(32)16(24)22(35)26(37)21(34)15(23(27)36)19(33)20(29(5)6)25(26,2)10-24/h7,9,15-16,20,31,37H,8,10H2,1-6H3,(H2,27,36)/t15?,16?,20-,24+,25+,26-/m1/s1. The molecule has 0 aromatic heterocycles. The van der Waals surface area contributed by atoms with E-state index < -0.39 is 69.1 Å². The van der Waals surface area contributed by atoms with E-state index in [1.54, 1.807) is 25.9 Å². The summed E-state index contributed by atoms with van der Waals surface area (Å²) in [7, 11) is 6.48. The van der Waals surface area contributed by atoms with Crippen molar-refractivity contribution in [2.75, 3.05) is 33.1 Å². The maximum Gasteiger partial charge on any atom is 0.235 e. The number of nitrogens with zero attached hydrogens (tertiary/aromatic N) is 2. The van der Waals surface area contributed by atoms with Crippen LogP contribution in [0.2, 0.25) is 0 Å². The van der Waals surface area contributed by atoms with Crippen molar-refractivity contribution in [1.82, 2.24) is 4.90 Å². The molecule has 0 heterocycles. The molecule has 198 valence electrons. The van der Waals surface area contributed by atoms with Gasteiger partial charge in [0, 0.05) is 25.2 Å². The molecule has 3 aliphatic rings. The van der Waals surface area contributed by atoms with Crippen LogP contribution in [0.25, 0.3) is 0 Å². The Labute approximate surface area is 213 Å². The Morgan fingerprint density at radius 3 is 2.19 bits per heavy atom. The van der Waals surface area contributed by atoms with Crippen LogP contribution in [-0.2, 0) is 25.6 Å². The highest BCUT2D eigenvalue weighted by atomic mass is 16.3. The van der Waals surface area contributed by atoms with Crippen LogP contribution < -0.4 is 10.6 Å². The second kappa shape index (κ2) is 8.03. The zero-order valence-electron chi connectivity index (χ0n) is 21.6. The van der Waals surface area contributed by atoms with Crippen LogP contribution in [0.15, 0.2) is 6.07 Å². The van der Waals surface area contributed by atoms with Crippen molar-refractivity contribution >= 4 is 41.0 Å². The number of benzene rings is 1. The average Bonchev–Trinajstić information content (AvgIpc) is 2.75. The molecule has 2 saturated carbocycles. The molecule has 2 fully saturated rings. The van der Waals surface area contributed by atoms with Gasteiger partial charge in [-0.05, 0) is 44.0 Å². The Balaban J connectivity index is 2.02. The first kappa shape index (κ1) is 26.6. The second-order valence-electron chi connectivity index (χ2n) is 11.5. The molecule has 0 spiro atoms. The fourth-order valence-corrected chi connectivity index (χ4v) is 7.28. The third-order valence-corrected chi connectivity index (χ3v) is 8.60. The minimum absolute atomic E-state index is 0.0815. The van der Waals surface area contributed by atoms with E-state index in [0.717, 1.165) is 0 Å². The molecule has 0 aliphatic heterocycles. The van der Waals surface area contributed by atoms with Gasteiger partial charge in [0.25, 0.3) is 0 Å². The van der Waals surface area contributed by atoms with Crippen molar-refractivity contribution in [3.05, 3.63) is 22.8 Å². The summed E-state index contributed by atoms with van der Waals surface area (Å²) in [5, 5.41) is 22.7. The third-order valence-electron chi connectivity index (χ3n) is 8.60. The van der Waals surface area contributed by atoms with Gasteiger partial charge in [0.1, 0.15) is 5.75 Å². The number of phenolic OH excluding ortho intramolecular Hbond substituents is 1. The summed E-state index contributed by atoms with van der Waals surface area (Å²) in [6.07, 6.45) is 0.373. The predicted molar refractivity (Wildman–Crippen MR) is 130 cm³/mol. The smallest absolute Gasteiger partial charge is 0.235 e. The van der Waals surface area contributed by atoms with E-state index in [0.29, 0.717) is 17.5 Å². The van der Waals surface area contributed by atoms with Crippen molar-refractivity contribution in [2.45, 2.75) is 38.3 Å². The molecule has 0 radical (unpaired) electrons. The fraction of sp³-hybridized carbons (Fsp3) is 0.538. The van der Waals surface area contributed by atoms with Crippen molar-refractivity contribution in [2.24, 2.45) is 28.4 Å². The summed E-state index contributed by atoms with van der Waals surface area (Å²) in [6.45, 7) is 3.12. The van der Waals surface area contributed by atoms with Gasteiger partial charge in [-0.3, -0.25) is 33.7 Å². The minimum Gasteiger partial charge on any atom is -0.506 e. The lowest BCUT2D eigenvalue weighted by Gasteiger charge is -2.61. The number of carbonyl (C=O) groups excluding carboxylic acids is 6. The fourth-order valence-electron chi connectivity index (χ4n) is 7.28. The first-order valence-corrected chi connectivity index (χ1v) is 11.9. The molecule has 11 nitrogen and oxygen atoms in total. The van der Waals surface area contributed by atoms with E-state index in [2.05, 4.69) is 0 Å². The SMILES string of the molecule is CN(C)c1cc(C=O)c(O)c2c1C[C@@]1(C)C[C@@]3(C)[C@H](N(C)C)C(=O)C(C(N)=O)C(=O)[C@@]3(O)C(=O)C1C2=O. The van der Waals surface area contributed by atoms with Gasteiger partial charge in [-0.15, -0.1) is 0 Å². The Kier molecular flexibility index (Phi) is 5.78. The number of fused-ring (bicyclic) bond motifs is 3. The highest BCUT2D eigenvalue weighted by Crippen LogP contribution is 2.62. The molecule has 1 amide bonds. The summed E-state index contributed by atoms with van der Waals surface area (Å²) in [6, 6.07) is 0.222. The molecule has 0 bridgehead atoms. The van der Waals surface area contributed by atoms with Crippen LogP contribution >= 0.6 is 0 Å². The molecule has 4 N–H and O–H groups in total. The number of Topliss-reactive ketones (excluding diaryl/α,β-unsaturated/α-hetero) is 4. The van der Waals surface area contributed by atoms with Gasteiger partial charge in [-0.2, -0.15) is 0 Å². The minimum atomic E-state index is -2.87. The van der Waals surface area contributed by atoms with Crippen molar-refractivity contribution in [1.29, 1.82) is 0 Å². The maximum absolute atomic E-state index is 14.1. The topological polar surface area (TPSA) is 175 Å². The molecule has 11 heteroatoms. The number of phenols is 1. The van der Waals surface area contributed by atoms with E-state index in [1.807, 2.05) is 0 Å². The average molecular weight is 514 g/mol. The Bertz CT molecular complexity index is 1300. The Morgan fingerprint density at radius 2 is 1.70 bits per heavy atom. The molecule has 37 heavy (non-hydrogen) atoms. The van der Waals surface area contributed by atoms with E-state index in [4.69, 9.17) is 5.73 Å². The molecule has 0 saturated heterocycles. The molecule has 3 aliphatic carbocycles. The number of amides is 1. The van der Waals surface area contributed by atoms with Crippen LogP contribution in [0, 0.1) is 22.7 Å². The van der Waals surface area contributed by atoms with Crippen LogP contribution in [-0.4, -0.2) is 90.3 Å². The highest BCUT2D eigenvalue weighted by Gasteiger charge is 2.76. The summed E-state index contributed by atoms with van der Waals surface area (Å²) >= 11 is 0. The van der Waals surface area contributed by atoms with E-state index in [1.165, 1.54) is 32.0 Å². The van der Waals surface area contributed by atoms with E-state index in [-0.39, 0.29) is 24.0 Å². The van der Waals surface area contributed by atoms with Crippen LogP contribution in [0.1, 0.15) is 46.5 Å². The number of likely N-dealkylation sites (N-methyl/N-ethyl adjacent to an activating group) is 1. The number of aromatic hydroxyl groups is 1. The Hall–Kier alpha value is -3.44. The van der Waals surface area contributed by atoms with Crippen LogP contribution in [0.5, 0.6) is 5.75 Å². The monoisotopic (exact) mass is 513 g/mol. The number of aliphatic hydroxyl groups is 1. The number of hydrogen-bond acceptors (Lipinski definition) is 10. The zero-order valence-corrected chi connectivity index (χ0v) is 21.6. The number of nitrogens with two attached hydrogens (primary N) is 1. The lowest BCUT2D eigenvalue weighted by molar-refractivity contribution is -0.203. The van der Waals surface area contributed by atoms with Crippen molar-refractivity contribution in [3.8, 4) is 5.75 Å². The summed E-state index contributed by atoms with van der Waals surface area (Å²) in [5.41, 5.74) is 0.188. The summed E-state index contributed by atoms with van der Waals surface area (Å²) in [5.74, 6) is -9.63. The number of hydrogen-bond donors (Lipinski definition) is 3. The van der Waals surface area contributed by atoms with Gasteiger partial charge in [0.05, 0.1) is 23.1 Å². The van der Waals surface area contributed by atoms with Gasteiger partial charge in [0.2, 0.25) is 5.91 Å². The molecule has 2 unspecified atom stereocenters. The number of ketones is 4. The molecule has 4 rings (SSSR count). The van der Waals surface area contributed by atoms with E-state index in [9.17, 15) is 39.0 Å². The lowest BCUT2D eigenvalue weighted by Crippen LogP contribution is -2.79. The number of primary amides is 1. The summed E-state index contributed by atoms with van der Waals surface area (Å²) < 4.78 is 0. The molecular formula is C26H31N3O8. The lowest BCUT2D eigenvalue weighted by atomic mass is 9.42. The normalized spacial score (nSPS) is 35.1. The quantitative estimate of drug-likeness (QED) is 0.352. The summed E-state index contributed by atoms with van der Waals surface area (Å²) in [4.78, 5) is 81.9. The molecule has 1 aromatic rings. The maximum atomic E-state index is 14.1. The molecular weight excluding hydrogens is 482 g/mol. The predicted octanol–water partition coefficient (Wildman–Crippen LogP) is -0.474. The largest absolute Gasteiger partial charge is 0.506 e. The van der Waals surface area contributed by atoms with Gasteiger partial charge in [-0.1, -0.05) is 13.8 Å².